The molecule has 1 N–H and O–H groups in total. The Bertz CT molecular complexity index is 1140. The van der Waals surface area contributed by atoms with E-state index in [-0.39, 0.29) is 16.8 Å². The molecule has 11 heteroatoms. The van der Waals surface area contributed by atoms with E-state index in [4.69, 9.17) is 4.74 Å². The molecule has 0 saturated heterocycles. The number of benzene rings is 1. The van der Waals surface area contributed by atoms with Gasteiger partial charge in [0.05, 0.1) is 16.8 Å². The molecular weight excluding hydrogens is 421 g/mol. The maximum absolute atomic E-state index is 13.8. The van der Waals surface area contributed by atoms with E-state index in [1.165, 1.54) is 18.2 Å². The van der Waals surface area contributed by atoms with E-state index in [9.17, 15) is 21.6 Å². The number of nitrogens with one attached hydrogen (secondary N) is 1. The van der Waals surface area contributed by atoms with E-state index in [1.54, 1.807) is 32.0 Å². The fraction of sp³-hybridized carbons (Fsp3) is 0.316. The molecule has 2 aromatic heterocycles. The van der Waals surface area contributed by atoms with E-state index in [0.717, 1.165) is 6.20 Å². The van der Waals surface area contributed by atoms with Gasteiger partial charge in [0.15, 0.2) is 0 Å². The Balaban J connectivity index is 2.09. The highest BCUT2D eigenvalue weighted by Crippen LogP contribution is 2.38. The summed E-state index contributed by atoms with van der Waals surface area (Å²) in [4.78, 5) is 12.1. The van der Waals surface area contributed by atoms with Gasteiger partial charge in [-0.05, 0) is 31.5 Å². The molecule has 0 spiro atoms. The molecule has 0 aliphatic carbocycles. The SMILES string of the molecule is CCCS(=O)(=O)Nc1nc2ccccc2nc1OC(c1ccc(C)nc1)C(F)(F)F. The Hall–Kier alpha value is -2.95. The number of aryl methyl sites for hydroxylation is 1. The maximum Gasteiger partial charge on any atom is 0.429 e. The molecule has 7 nitrogen and oxygen atoms in total. The standard InChI is InChI=1S/C19H19F3N4O3S/c1-3-10-30(27,28)26-17-18(25-15-7-5-4-6-14(15)24-17)29-16(19(20,21)22)13-9-8-12(2)23-11-13/h4-9,11,16H,3,10H2,1-2H3,(H,24,26). The van der Waals surface area contributed by atoms with Gasteiger partial charge in [-0.3, -0.25) is 9.71 Å². The largest absolute Gasteiger partial charge is 0.457 e. The van der Waals surface area contributed by atoms with Gasteiger partial charge >= 0.3 is 6.18 Å². The molecule has 3 aromatic rings. The van der Waals surface area contributed by atoms with Crippen LogP contribution in [-0.2, 0) is 10.0 Å². The van der Waals surface area contributed by atoms with Crippen LogP contribution in [0.1, 0.15) is 30.7 Å². The zero-order valence-electron chi connectivity index (χ0n) is 16.1. The molecule has 1 unspecified atom stereocenters. The maximum atomic E-state index is 13.8. The Morgan fingerprint density at radius 1 is 1.10 bits per heavy atom. The monoisotopic (exact) mass is 440 g/mol. The third kappa shape index (κ3) is 5.15. The summed E-state index contributed by atoms with van der Waals surface area (Å²) < 4.78 is 73.1. The number of aromatic nitrogens is 3. The van der Waals surface area contributed by atoms with Crippen LogP contribution in [-0.4, -0.2) is 35.3 Å². The van der Waals surface area contributed by atoms with Crippen LogP contribution >= 0.6 is 0 Å². The molecule has 0 bridgehead atoms. The highest BCUT2D eigenvalue weighted by atomic mass is 32.2. The summed E-state index contributed by atoms with van der Waals surface area (Å²) in [5.41, 5.74) is 0.858. The first-order valence-electron chi connectivity index (χ1n) is 9.02. The number of para-hydroxylation sites is 2. The van der Waals surface area contributed by atoms with Gasteiger partial charge in [0.25, 0.3) is 5.88 Å². The van der Waals surface area contributed by atoms with E-state index in [1.807, 2.05) is 0 Å². The van der Waals surface area contributed by atoms with Crippen molar-refractivity contribution in [2.24, 2.45) is 0 Å². The first kappa shape index (κ1) is 21.8. The molecule has 0 aliphatic heterocycles. The molecule has 0 saturated carbocycles. The predicted octanol–water partition coefficient (Wildman–Crippen LogP) is 4.17. The van der Waals surface area contributed by atoms with Crippen molar-refractivity contribution in [1.82, 2.24) is 15.0 Å². The van der Waals surface area contributed by atoms with E-state index in [2.05, 4.69) is 19.7 Å². The zero-order valence-corrected chi connectivity index (χ0v) is 17.0. The van der Waals surface area contributed by atoms with Crippen LogP contribution in [0.5, 0.6) is 5.88 Å². The van der Waals surface area contributed by atoms with Gasteiger partial charge in [-0.15, -0.1) is 0 Å². The Kier molecular flexibility index (Phi) is 6.11. The molecule has 1 aromatic carbocycles. The number of rotatable bonds is 7. The zero-order chi connectivity index (χ0) is 21.9. The molecular formula is C19H19F3N4O3S. The molecule has 160 valence electrons. The summed E-state index contributed by atoms with van der Waals surface area (Å²) in [6.07, 6.45) is -5.84. The predicted molar refractivity (Wildman–Crippen MR) is 106 cm³/mol. The normalized spacial score (nSPS) is 13.2. The quantitative estimate of drug-likeness (QED) is 0.593. The Morgan fingerprint density at radius 2 is 1.77 bits per heavy atom. The number of ether oxygens (including phenoxy) is 1. The molecule has 3 rings (SSSR count). The summed E-state index contributed by atoms with van der Waals surface area (Å²) >= 11 is 0. The van der Waals surface area contributed by atoms with Crippen molar-refractivity contribution in [3.05, 3.63) is 53.9 Å². The van der Waals surface area contributed by atoms with Crippen LogP contribution in [0.4, 0.5) is 19.0 Å². The van der Waals surface area contributed by atoms with Crippen molar-refractivity contribution in [2.45, 2.75) is 32.5 Å². The van der Waals surface area contributed by atoms with Gasteiger partial charge in [-0.1, -0.05) is 25.1 Å². The number of fused-ring (bicyclic) bond motifs is 1. The highest BCUT2D eigenvalue weighted by molar-refractivity contribution is 7.92. The minimum Gasteiger partial charge on any atom is -0.457 e. The van der Waals surface area contributed by atoms with Crippen molar-refractivity contribution < 1.29 is 26.3 Å². The van der Waals surface area contributed by atoms with Crippen LogP contribution in [0.2, 0.25) is 0 Å². The number of hydrogen-bond donors (Lipinski definition) is 1. The fourth-order valence-electron chi connectivity index (χ4n) is 2.67. The summed E-state index contributed by atoms with van der Waals surface area (Å²) in [5.74, 6) is -1.21. The van der Waals surface area contributed by atoms with Crippen molar-refractivity contribution in [3.8, 4) is 5.88 Å². The van der Waals surface area contributed by atoms with E-state index < -0.39 is 34.0 Å². The average Bonchev–Trinajstić information content (AvgIpc) is 2.66. The minimum absolute atomic E-state index is 0.231. The summed E-state index contributed by atoms with van der Waals surface area (Å²) in [6, 6.07) is 9.06. The number of anilines is 1. The Labute approximate surface area is 171 Å². The van der Waals surface area contributed by atoms with Gasteiger partial charge < -0.3 is 4.74 Å². The van der Waals surface area contributed by atoms with Crippen LogP contribution in [0.3, 0.4) is 0 Å². The second-order valence-electron chi connectivity index (χ2n) is 6.56. The first-order valence-corrected chi connectivity index (χ1v) is 10.7. The number of pyridine rings is 1. The lowest BCUT2D eigenvalue weighted by Gasteiger charge is -2.22. The van der Waals surface area contributed by atoms with Gasteiger partial charge in [0.2, 0.25) is 21.9 Å². The molecule has 0 aliphatic rings. The third-order valence-electron chi connectivity index (χ3n) is 4.03. The van der Waals surface area contributed by atoms with E-state index >= 15 is 0 Å². The number of sulfonamides is 1. The van der Waals surface area contributed by atoms with Crippen molar-refractivity contribution in [1.29, 1.82) is 0 Å². The average molecular weight is 440 g/mol. The molecule has 2 heterocycles. The summed E-state index contributed by atoms with van der Waals surface area (Å²) in [7, 11) is -3.84. The second kappa shape index (κ2) is 8.42. The van der Waals surface area contributed by atoms with Crippen molar-refractivity contribution in [2.75, 3.05) is 10.5 Å². The van der Waals surface area contributed by atoms with Gasteiger partial charge in [0.1, 0.15) is 0 Å². The number of alkyl halides is 3. The van der Waals surface area contributed by atoms with Crippen molar-refractivity contribution in [3.63, 3.8) is 0 Å². The second-order valence-corrected chi connectivity index (χ2v) is 8.40. The lowest BCUT2D eigenvalue weighted by atomic mass is 10.1. The van der Waals surface area contributed by atoms with Crippen LogP contribution < -0.4 is 9.46 Å². The minimum atomic E-state index is -4.80. The lowest BCUT2D eigenvalue weighted by Crippen LogP contribution is -2.27. The molecule has 0 radical (unpaired) electrons. The third-order valence-corrected chi connectivity index (χ3v) is 5.48. The van der Waals surface area contributed by atoms with Crippen LogP contribution in [0, 0.1) is 6.92 Å². The molecule has 0 fully saturated rings. The van der Waals surface area contributed by atoms with Gasteiger partial charge in [-0.2, -0.15) is 13.2 Å². The molecule has 0 amide bonds. The van der Waals surface area contributed by atoms with Crippen LogP contribution in [0.15, 0.2) is 42.6 Å². The van der Waals surface area contributed by atoms with Crippen molar-refractivity contribution >= 4 is 26.9 Å². The number of halogens is 3. The number of hydrogen-bond acceptors (Lipinski definition) is 6. The Morgan fingerprint density at radius 3 is 2.33 bits per heavy atom. The smallest absolute Gasteiger partial charge is 0.429 e. The lowest BCUT2D eigenvalue weighted by molar-refractivity contribution is -0.198. The summed E-state index contributed by atoms with van der Waals surface area (Å²) in [6.45, 7) is 3.30. The number of nitrogens with zero attached hydrogens (tertiary/aromatic N) is 3. The van der Waals surface area contributed by atoms with Gasteiger partial charge in [-0.25, -0.2) is 18.4 Å². The van der Waals surface area contributed by atoms with Crippen LogP contribution in [0.25, 0.3) is 11.0 Å². The molecule has 1 atom stereocenters. The first-order chi connectivity index (χ1) is 14.1. The van der Waals surface area contributed by atoms with E-state index in [0.29, 0.717) is 17.6 Å². The topological polar surface area (TPSA) is 94.1 Å². The highest BCUT2D eigenvalue weighted by Gasteiger charge is 2.44. The van der Waals surface area contributed by atoms with Gasteiger partial charge in [0, 0.05) is 17.5 Å². The molecule has 30 heavy (non-hydrogen) atoms. The fourth-order valence-corrected chi connectivity index (χ4v) is 3.74. The summed E-state index contributed by atoms with van der Waals surface area (Å²) in [5, 5.41) is 0.